The highest BCUT2D eigenvalue weighted by molar-refractivity contribution is 7.86. The Morgan fingerprint density at radius 1 is 0.808 bits per heavy atom. The van der Waals surface area contributed by atoms with Crippen molar-refractivity contribution in [2.75, 3.05) is 0 Å². The molecule has 3 aromatic carbocycles. The van der Waals surface area contributed by atoms with Crippen LogP contribution >= 0.6 is 0 Å². The van der Waals surface area contributed by atoms with Crippen LogP contribution in [-0.4, -0.2) is 8.42 Å². The Bertz CT molecular complexity index is 970. The number of hydrogen-bond acceptors (Lipinski definition) is 3. The van der Waals surface area contributed by atoms with E-state index in [-0.39, 0.29) is 16.0 Å². The molecular formula is C20H16F2O3S. The van der Waals surface area contributed by atoms with Crippen LogP contribution in [0, 0.1) is 18.6 Å². The average molecular weight is 374 g/mol. The maximum atomic E-state index is 13.6. The first-order valence-corrected chi connectivity index (χ1v) is 9.27. The minimum Gasteiger partial charge on any atom is -0.253 e. The third kappa shape index (κ3) is 4.15. The molecule has 134 valence electrons. The van der Waals surface area contributed by atoms with Crippen molar-refractivity contribution in [2.45, 2.75) is 17.9 Å². The Kier molecular flexibility index (Phi) is 5.15. The third-order valence-electron chi connectivity index (χ3n) is 3.84. The lowest BCUT2D eigenvalue weighted by molar-refractivity contribution is 0.252. The summed E-state index contributed by atoms with van der Waals surface area (Å²) < 4.78 is 58.0. The lowest BCUT2D eigenvalue weighted by Gasteiger charge is -2.19. The van der Waals surface area contributed by atoms with Crippen LogP contribution in [0.5, 0.6) is 0 Å². The van der Waals surface area contributed by atoms with Crippen LogP contribution in [0.2, 0.25) is 0 Å². The van der Waals surface area contributed by atoms with E-state index in [0.717, 1.165) is 5.56 Å². The molecule has 26 heavy (non-hydrogen) atoms. The van der Waals surface area contributed by atoms with E-state index in [2.05, 4.69) is 0 Å². The molecule has 0 aliphatic rings. The number of benzene rings is 3. The van der Waals surface area contributed by atoms with Crippen molar-refractivity contribution in [2.24, 2.45) is 0 Å². The van der Waals surface area contributed by atoms with E-state index >= 15 is 0 Å². The van der Waals surface area contributed by atoms with Crippen LogP contribution < -0.4 is 0 Å². The van der Waals surface area contributed by atoms with Gasteiger partial charge in [0.25, 0.3) is 10.1 Å². The fourth-order valence-corrected chi connectivity index (χ4v) is 3.59. The molecule has 0 aliphatic heterocycles. The Hall–Kier alpha value is -2.57. The van der Waals surface area contributed by atoms with Crippen molar-refractivity contribution in [3.8, 4) is 0 Å². The topological polar surface area (TPSA) is 43.4 Å². The quantitative estimate of drug-likeness (QED) is 0.604. The second-order valence-electron chi connectivity index (χ2n) is 5.85. The lowest BCUT2D eigenvalue weighted by Crippen LogP contribution is -2.14. The third-order valence-corrected chi connectivity index (χ3v) is 5.13. The Morgan fingerprint density at radius 3 is 1.77 bits per heavy atom. The van der Waals surface area contributed by atoms with Gasteiger partial charge in [0.05, 0.1) is 4.90 Å². The van der Waals surface area contributed by atoms with Gasteiger partial charge in [-0.1, -0.05) is 42.0 Å². The molecule has 0 aromatic heterocycles. The molecule has 3 nitrogen and oxygen atoms in total. The first kappa shape index (κ1) is 18.2. The van der Waals surface area contributed by atoms with E-state index < -0.39 is 27.9 Å². The molecule has 0 aliphatic carbocycles. The van der Waals surface area contributed by atoms with Gasteiger partial charge in [0.15, 0.2) is 0 Å². The summed E-state index contributed by atoms with van der Waals surface area (Å²) in [5.41, 5.74) is 1.44. The van der Waals surface area contributed by atoms with Gasteiger partial charge >= 0.3 is 0 Å². The molecule has 0 radical (unpaired) electrons. The molecule has 0 heterocycles. The minimum atomic E-state index is -4.14. The first-order valence-electron chi connectivity index (χ1n) is 7.86. The second-order valence-corrected chi connectivity index (χ2v) is 7.43. The van der Waals surface area contributed by atoms with Gasteiger partial charge in [-0.15, -0.1) is 0 Å². The zero-order valence-corrected chi connectivity index (χ0v) is 14.7. The van der Waals surface area contributed by atoms with Crippen LogP contribution in [-0.2, 0) is 14.3 Å². The van der Waals surface area contributed by atoms with E-state index in [0.29, 0.717) is 0 Å². The van der Waals surface area contributed by atoms with Gasteiger partial charge < -0.3 is 0 Å². The van der Waals surface area contributed by atoms with E-state index in [4.69, 9.17) is 4.18 Å². The van der Waals surface area contributed by atoms with Crippen LogP contribution in [0.3, 0.4) is 0 Å². The summed E-state index contributed by atoms with van der Waals surface area (Å²) >= 11 is 0. The highest BCUT2D eigenvalue weighted by atomic mass is 32.2. The number of rotatable bonds is 5. The SMILES string of the molecule is Cc1ccc(S(=O)(=O)OC(c2cccc(F)c2)c2cccc(F)c2)cc1. The summed E-state index contributed by atoms with van der Waals surface area (Å²) in [5.74, 6) is -1.08. The summed E-state index contributed by atoms with van der Waals surface area (Å²) in [7, 11) is -4.14. The molecule has 0 saturated carbocycles. The van der Waals surface area contributed by atoms with Gasteiger partial charge in [0, 0.05) is 0 Å². The summed E-state index contributed by atoms with van der Waals surface area (Å²) in [6, 6.07) is 16.9. The zero-order chi connectivity index (χ0) is 18.7. The van der Waals surface area contributed by atoms with Gasteiger partial charge in [-0.25, -0.2) is 8.78 Å². The van der Waals surface area contributed by atoms with Crippen molar-refractivity contribution >= 4 is 10.1 Å². The van der Waals surface area contributed by atoms with Crippen LogP contribution in [0.4, 0.5) is 8.78 Å². The molecule has 0 bridgehead atoms. The van der Waals surface area contributed by atoms with Crippen molar-refractivity contribution in [1.82, 2.24) is 0 Å². The van der Waals surface area contributed by atoms with Crippen LogP contribution in [0.15, 0.2) is 77.7 Å². The molecule has 0 atom stereocenters. The van der Waals surface area contributed by atoms with Crippen LogP contribution in [0.25, 0.3) is 0 Å². The summed E-state index contributed by atoms with van der Waals surface area (Å²) in [6.07, 6.45) is -1.17. The molecule has 3 rings (SSSR count). The Morgan fingerprint density at radius 2 is 1.31 bits per heavy atom. The van der Waals surface area contributed by atoms with Gasteiger partial charge in [0.2, 0.25) is 0 Å². The molecule has 6 heteroatoms. The van der Waals surface area contributed by atoms with Gasteiger partial charge in [-0.2, -0.15) is 8.42 Å². The average Bonchev–Trinajstić information content (AvgIpc) is 2.60. The molecule has 0 unspecified atom stereocenters. The van der Waals surface area contributed by atoms with Crippen molar-refractivity contribution in [3.63, 3.8) is 0 Å². The summed E-state index contributed by atoms with van der Waals surface area (Å²) in [4.78, 5) is -0.0269. The molecule has 0 spiro atoms. The number of aryl methyl sites for hydroxylation is 1. The molecule has 3 aromatic rings. The molecule has 0 fully saturated rings. The van der Waals surface area contributed by atoms with Crippen molar-refractivity contribution < 1.29 is 21.4 Å². The molecular weight excluding hydrogens is 358 g/mol. The maximum Gasteiger partial charge on any atom is 0.297 e. The van der Waals surface area contributed by atoms with Gasteiger partial charge in [-0.3, -0.25) is 4.18 Å². The van der Waals surface area contributed by atoms with E-state index in [1.54, 1.807) is 12.1 Å². The molecule has 0 N–H and O–H groups in total. The van der Waals surface area contributed by atoms with Crippen molar-refractivity contribution in [1.29, 1.82) is 0 Å². The fourth-order valence-electron chi connectivity index (χ4n) is 2.53. The predicted molar refractivity (Wildman–Crippen MR) is 94.1 cm³/mol. The number of hydrogen-bond donors (Lipinski definition) is 0. The maximum absolute atomic E-state index is 13.6. The monoisotopic (exact) mass is 374 g/mol. The van der Waals surface area contributed by atoms with E-state index in [1.807, 2.05) is 6.92 Å². The van der Waals surface area contributed by atoms with Crippen LogP contribution in [0.1, 0.15) is 22.8 Å². The highest BCUT2D eigenvalue weighted by Gasteiger charge is 2.25. The van der Waals surface area contributed by atoms with E-state index in [9.17, 15) is 17.2 Å². The summed E-state index contributed by atoms with van der Waals surface area (Å²) in [5, 5.41) is 0. The predicted octanol–water partition coefficient (Wildman–Crippen LogP) is 4.77. The standard InChI is InChI=1S/C20H16F2O3S/c1-14-8-10-19(11-9-14)26(23,24)25-20(15-4-2-6-17(21)12-15)16-5-3-7-18(22)13-16/h2-13,20H,1H3. The van der Waals surface area contributed by atoms with Gasteiger partial charge in [0.1, 0.15) is 17.7 Å². The normalized spacial score (nSPS) is 11.7. The molecule has 0 saturated heterocycles. The minimum absolute atomic E-state index is 0.0269. The lowest BCUT2D eigenvalue weighted by atomic mass is 10.0. The smallest absolute Gasteiger partial charge is 0.253 e. The first-order chi connectivity index (χ1) is 12.3. The Balaban J connectivity index is 2.05. The fraction of sp³-hybridized carbons (Fsp3) is 0.100. The Labute approximate surface area is 151 Å². The zero-order valence-electron chi connectivity index (χ0n) is 13.9. The largest absolute Gasteiger partial charge is 0.297 e. The van der Waals surface area contributed by atoms with Gasteiger partial charge in [-0.05, 0) is 54.4 Å². The van der Waals surface area contributed by atoms with Crippen molar-refractivity contribution in [3.05, 3.63) is 101 Å². The highest BCUT2D eigenvalue weighted by Crippen LogP contribution is 2.31. The number of halogens is 2. The molecule has 0 amide bonds. The van der Waals surface area contributed by atoms with E-state index in [1.165, 1.54) is 60.7 Å². The summed E-state index contributed by atoms with van der Waals surface area (Å²) in [6.45, 7) is 1.83. The second kappa shape index (κ2) is 7.35.